The zero-order valence-corrected chi connectivity index (χ0v) is 20.7. The van der Waals surface area contributed by atoms with E-state index in [0.717, 1.165) is 31.8 Å². The number of ether oxygens (including phenoxy) is 3. The number of hydrogen-bond acceptors (Lipinski definition) is 9. The third-order valence-corrected chi connectivity index (χ3v) is 6.00. The Bertz CT molecular complexity index is 728. The number of allylic oxidation sites excluding steroid dienone is 1. The molecule has 0 aromatic rings. The van der Waals surface area contributed by atoms with Gasteiger partial charge in [0.1, 0.15) is 6.29 Å². The van der Waals surface area contributed by atoms with Crippen molar-refractivity contribution in [1.82, 2.24) is 0 Å². The van der Waals surface area contributed by atoms with Crippen molar-refractivity contribution in [1.29, 1.82) is 0 Å². The van der Waals surface area contributed by atoms with Crippen LogP contribution in [0.15, 0.2) is 23.8 Å². The molecule has 1 heterocycles. The summed E-state index contributed by atoms with van der Waals surface area (Å²) in [4.78, 5) is 35.8. The van der Waals surface area contributed by atoms with Crippen LogP contribution in [-0.4, -0.2) is 71.4 Å². The number of aliphatic hydroxyl groups is 3. The second kappa shape index (κ2) is 14.4. The quantitative estimate of drug-likeness (QED) is 0.147. The average Bonchev–Trinajstić information content (AvgIpc) is 2.79. The molecular weight excluding hydrogens is 444 g/mol. The van der Waals surface area contributed by atoms with Crippen molar-refractivity contribution in [2.45, 2.75) is 96.2 Å². The summed E-state index contributed by atoms with van der Waals surface area (Å²) < 4.78 is 16.4. The predicted octanol–water partition coefficient (Wildman–Crippen LogP) is 2.36. The molecule has 3 N–H and O–H groups in total. The number of rotatable bonds is 14. The van der Waals surface area contributed by atoms with Crippen molar-refractivity contribution in [2.24, 2.45) is 5.41 Å². The topological polar surface area (TPSA) is 140 Å². The summed E-state index contributed by atoms with van der Waals surface area (Å²) in [5, 5.41) is 31.0. The first-order chi connectivity index (χ1) is 16.0. The van der Waals surface area contributed by atoms with E-state index in [1.807, 2.05) is 0 Å². The van der Waals surface area contributed by atoms with Crippen molar-refractivity contribution in [2.75, 3.05) is 13.7 Å². The summed E-state index contributed by atoms with van der Waals surface area (Å²) in [6.45, 7) is 4.78. The standard InChI is InChI=1S/C25H40O9/c1-5-6-7-8-9-11-21(29)33-23-18(15-22(30)32-4)14-20(16-19(28)17-27)34-25(23,31)24(2,3)12-10-13-26/h10,12-13,15,19-20,23,27-28,31H,5-9,11,14,16-17H2,1-4H3/b12-10+,18-15-/t19-,20+,23+,25-/m1/s1. The maximum Gasteiger partial charge on any atom is 0.330 e. The van der Waals surface area contributed by atoms with Gasteiger partial charge in [0, 0.05) is 24.3 Å². The molecule has 1 fully saturated rings. The molecule has 9 heteroatoms. The van der Waals surface area contributed by atoms with Crippen LogP contribution in [0.5, 0.6) is 0 Å². The number of carbonyl (C=O) groups excluding carboxylic acids is 3. The number of hydrogen-bond donors (Lipinski definition) is 3. The van der Waals surface area contributed by atoms with Gasteiger partial charge in [0.05, 0.1) is 25.9 Å². The fourth-order valence-electron chi connectivity index (χ4n) is 3.94. The van der Waals surface area contributed by atoms with Gasteiger partial charge in [-0.05, 0) is 24.5 Å². The van der Waals surface area contributed by atoms with Gasteiger partial charge in [-0.1, -0.05) is 52.5 Å². The van der Waals surface area contributed by atoms with E-state index >= 15 is 0 Å². The number of unbranched alkanes of at least 4 members (excludes halogenated alkanes) is 4. The molecule has 9 nitrogen and oxygen atoms in total. The molecule has 1 rings (SSSR count). The minimum absolute atomic E-state index is 0.0388. The molecule has 0 bridgehead atoms. The fraction of sp³-hybridized carbons (Fsp3) is 0.720. The number of esters is 2. The third kappa shape index (κ3) is 8.61. The number of aliphatic hydroxyl groups excluding tert-OH is 2. The lowest BCUT2D eigenvalue weighted by Crippen LogP contribution is -2.62. The van der Waals surface area contributed by atoms with E-state index in [1.54, 1.807) is 13.8 Å². The van der Waals surface area contributed by atoms with Crippen molar-refractivity contribution in [3.05, 3.63) is 23.8 Å². The van der Waals surface area contributed by atoms with Crippen LogP contribution >= 0.6 is 0 Å². The fourth-order valence-corrected chi connectivity index (χ4v) is 3.94. The second-order valence-electron chi connectivity index (χ2n) is 9.21. The maximum atomic E-state index is 12.7. The molecule has 0 saturated carbocycles. The van der Waals surface area contributed by atoms with Crippen LogP contribution in [0.25, 0.3) is 0 Å². The smallest absolute Gasteiger partial charge is 0.330 e. The lowest BCUT2D eigenvalue weighted by molar-refractivity contribution is -0.327. The molecule has 1 aliphatic rings. The number of methoxy groups -OCH3 is 1. The summed E-state index contributed by atoms with van der Waals surface area (Å²) in [5.74, 6) is -3.44. The minimum Gasteiger partial charge on any atom is -0.466 e. The first-order valence-electron chi connectivity index (χ1n) is 11.8. The number of aldehydes is 1. The van der Waals surface area contributed by atoms with Gasteiger partial charge in [0.25, 0.3) is 0 Å². The van der Waals surface area contributed by atoms with Crippen LogP contribution in [0.1, 0.15) is 72.1 Å². The lowest BCUT2D eigenvalue weighted by atomic mass is 9.74. The third-order valence-electron chi connectivity index (χ3n) is 6.00. The zero-order chi connectivity index (χ0) is 25.8. The Morgan fingerprint density at radius 2 is 1.94 bits per heavy atom. The average molecular weight is 485 g/mol. The Morgan fingerprint density at radius 1 is 1.26 bits per heavy atom. The Labute approximate surface area is 201 Å². The van der Waals surface area contributed by atoms with Crippen molar-refractivity contribution < 1.29 is 43.9 Å². The molecule has 0 spiro atoms. The summed E-state index contributed by atoms with van der Waals surface area (Å²) in [6, 6.07) is 0. The normalized spacial score (nSPS) is 25.3. The van der Waals surface area contributed by atoms with E-state index in [4.69, 9.17) is 14.2 Å². The van der Waals surface area contributed by atoms with E-state index < -0.39 is 48.1 Å². The molecule has 0 aromatic heterocycles. The second-order valence-corrected chi connectivity index (χ2v) is 9.21. The highest BCUT2D eigenvalue weighted by Gasteiger charge is 2.57. The molecule has 4 atom stereocenters. The van der Waals surface area contributed by atoms with Crippen LogP contribution in [0.2, 0.25) is 0 Å². The number of carbonyl (C=O) groups is 3. The molecule has 0 unspecified atom stereocenters. The van der Waals surface area contributed by atoms with Crippen molar-refractivity contribution in [3.8, 4) is 0 Å². The highest BCUT2D eigenvalue weighted by atomic mass is 16.7. The first kappa shape index (κ1) is 30.0. The Morgan fingerprint density at radius 3 is 2.53 bits per heavy atom. The largest absolute Gasteiger partial charge is 0.466 e. The SMILES string of the molecule is CCCCCCCC(=O)O[C@H]1/C(=C\C(=O)OC)C[C@@H](C[C@@H](O)CO)O[C@@]1(O)C(C)(C)/C=C/C=O. The van der Waals surface area contributed by atoms with E-state index in [1.165, 1.54) is 19.3 Å². The molecule has 0 radical (unpaired) electrons. The maximum absolute atomic E-state index is 12.7. The van der Waals surface area contributed by atoms with Gasteiger partial charge in [0.15, 0.2) is 6.10 Å². The van der Waals surface area contributed by atoms with E-state index in [0.29, 0.717) is 12.7 Å². The lowest BCUT2D eigenvalue weighted by Gasteiger charge is -2.50. The molecule has 1 aliphatic heterocycles. The first-order valence-corrected chi connectivity index (χ1v) is 11.8. The Balaban J connectivity index is 3.33. The van der Waals surface area contributed by atoms with E-state index in [2.05, 4.69) is 6.92 Å². The molecule has 34 heavy (non-hydrogen) atoms. The molecule has 0 aromatic carbocycles. The summed E-state index contributed by atoms with van der Waals surface area (Å²) in [5.41, 5.74) is -1.000. The van der Waals surface area contributed by atoms with E-state index in [-0.39, 0.29) is 24.8 Å². The van der Waals surface area contributed by atoms with E-state index in [9.17, 15) is 29.7 Å². The molecule has 0 aliphatic carbocycles. The molecule has 194 valence electrons. The summed E-state index contributed by atoms with van der Waals surface area (Å²) in [6.07, 6.45) is 5.83. The zero-order valence-electron chi connectivity index (χ0n) is 20.7. The van der Waals surface area contributed by atoms with Crippen LogP contribution in [0.3, 0.4) is 0 Å². The van der Waals surface area contributed by atoms with Gasteiger partial charge in [-0.2, -0.15) is 0 Å². The van der Waals surface area contributed by atoms with Crippen molar-refractivity contribution in [3.63, 3.8) is 0 Å². The van der Waals surface area contributed by atoms with Gasteiger partial charge < -0.3 is 29.5 Å². The van der Waals surface area contributed by atoms with Gasteiger partial charge in [-0.3, -0.25) is 9.59 Å². The molecular formula is C25H40O9. The predicted molar refractivity (Wildman–Crippen MR) is 124 cm³/mol. The Hall–Kier alpha value is -2.07. The van der Waals surface area contributed by atoms with Gasteiger partial charge in [-0.25, -0.2) is 4.79 Å². The highest BCUT2D eigenvalue weighted by molar-refractivity contribution is 5.83. The van der Waals surface area contributed by atoms with Gasteiger partial charge in [0.2, 0.25) is 5.79 Å². The van der Waals surface area contributed by atoms with Crippen LogP contribution in [-0.2, 0) is 28.6 Å². The summed E-state index contributed by atoms with van der Waals surface area (Å²) >= 11 is 0. The van der Waals surface area contributed by atoms with Crippen LogP contribution in [0, 0.1) is 5.41 Å². The summed E-state index contributed by atoms with van der Waals surface area (Å²) in [7, 11) is 1.20. The van der Waals surface area contributed by atoms with Crippen molar-refractivity contribution >= 4 is 18.2 Å². The minimum atomic E-state index is -2.18. The molecule has 0 amide bonds. The Kier molecular flexibility index (Phi) is 12.7. The molecule has 1 saturated heterocycles. The van der Waals surface area contributed by atoms with Gasteiger partial charge >= 0.3 is 11.9 Å². The van der Waals surface area contributed by atoms with Gasteiger partial charge in [-0.15, -0.1) is 0 Å². The highest BCUT2D eigenvalue weighted by Crippen LogP contribution is 2.46. The van der Waals surface area contributed by atoms with Crippen LogP contribution in [0.4, 0.5) is 0 Å². The monoisotopic (exact) mass is 484 g/mol. The van der Waals surface area contributed by atoms with Crippen LogP contribution < -0.4 is 0 Å².